The average Bonchev–Trinajstić information content (AvgIpc) is 2.60. The SMILES string of the molecule is O=C(N[C@@H]1CCCC[C@H]1C(F)(F)F)c1cc(=O)[nH]c2ccc([N+](=O)[O-])cc12. The second-order valence-corrected chi connectivity index (χ2v) is 6.55. The summed E-state index contributed by atoms with van der Waals surface area (Å²) in [4.78, 5) is 37.2. The number of pyridine rings is 1. The Labute approximate surface area is 150 Å². The number of H-pyrrole nitrogens is 1. The Bertz CT molecular complexity index is 955. The second-order valence-electron chi connectivity index (χ2n) is 6.55. The van der Waals surface area contributed by atoms with Crippen molar-refractivity contribution in [1.29, 1.82) is 0 Å². The van der Waals surface area contributed by atoms with Crippen molar-refractivity contribution < 1.29 is 22.9 Å². The number of non-ortho nitro benzene ring substituents is 1. The van der Waals surface area contributed by atoms with Crippen molar-refractivity contribution in [1.82, 2.24) is 10.3 Å². The maximum Gasteiger partial charge on any atom is 0.393 e. The number of aromatic nitrogens is 1. The molecule has 2 aromatic rings. The summed E-state index contributed by atoms with van der Waals surface area (Å²) in [5.74, 6) is -2.51. The van der Waals surface area contributed by atoms with Gasteiger partial charge in [0.15, 0.2) is 0 Å². The zero-order valence-electron chi connectivity index (χ0n) is 14.0. The summed E-state index contributed by atoms with van der Waals surface area (Å²) >= 11 is 0. The lowest BCUT2D eigenvalue weighted by molar-refractivity contribution is -0.384. The molecule has 1 aromatic heterocycles. The topological polar surface area (TPSA) is 105 Å². The lowest BCUT2D eigenvalue weighted by Gasteiger charge is -2.33. The molecule has 1 heterocycles. The minimum absolute atomic E-state index is 0.0734. The quantitative estimate of drug-likeness (QED) is 0.627. The summed E-state index contributed by atoms with van der Waals surface area (Å²) < 4.78 is 39.7. The number of carbonyl (C=O) groups is 1. The molecule has 0 saturated heterocycles. The van der Waals surface area contributed by atoms with Crippen molar-refractivity contribution in [3.8, 4) is 0 Å². The van der Waals surface area contributed by atoms with E-state index in [-0.39, 0.29) is 35.0 Å². The maximum absolute atomic E-state index is 13.2. The summed E-state index contributed by atoms with van der Waals surface area (Å²) in [5, 5.41) is 13.4. The van der Waals surface area contributed by atoms with E-state index in [4.69, 9.17) is 0 Å². The van der Waals surface area contributed by atoms with Gasteiger partial charge in [-0.2, -0.15) is 13.2 Å². The van der Waals surface area contributed by atoms with Crippen molar-refractivity contribution in [3.63, 3.8) is 0 Å². The molecule has 2 N–H and O–H groups in total. The van der Waals surface area contributed by atoms with Crippen LogP contribution in [0.4, 0.5) is 18.9 Å². The van der Waals surface area contributed by atoms with Gasteiger partial charge in [0.1, 0.15) is 0 Å². The molecule has 0 unspecified atom stereocenters. The van der Waals surface area contributed by atoms with Crippen molar-refractivity contribution >= 4 is 22.5 Å². The third-order valence-electron chi connectivity index (χ3n) is 4.78. The molecule has 3 rings (SSSR count). The van der Waals surface area contributed by atoms with Gasteiger partial charge in [-0.1, -0.05) is 12.8 Å². The van der Waals surface area contributed by atoms with E-state index in [1.807, 2.05) is 0 Å². The van der Waals surface area contributed by atoms with E-state index in [1.54, 1.807) is 0 Å². The predicted octanol–water partition coefficient (Wildman–Crippen LogP) is 3.29. The van der Waals surface area contributed by atoms with E-state index in [1.165, 1.54) is 12.1 Å². The Morgan fingerprint density at radius 2 is 1.93 bits per heavy atom. The number of nitro benzene ring substituents is 1. The molecule has 2 atom stereocenters. The van der Waals surface area contributed by atoms with E-state index in [0.29, 0.717) is 12.8 Å². The number of hydrogen-bond donors (Lipinski definition) is 2. The number of halogens is 3. The van der Waals surface area contributed by atoms with Gasteiger partial charge in [-0.15, -0.1) is 0 Å². The number of hydrogen-bond acceptors (Lipinski definition) is 4. The second kappa shape index (κ2) is 7.01. The van der Waals surface area contributed by atoms with Gasteiger partial charge in [-0.25, -0.2) is 0 Å². The Balaban J connectivity index is 1.98. The maximum atomic E-state index is 13.2. The van der Waals surface area contributed by atoms with Gasteiger partial charge in [0.05, 0.1) is 16.4 Å². The zero-order valence-corrected chi connectivity index (χ0v) is 14.0. The van der Waals surface area contributed by atoms with Crippen LogP contribution < -0.4 is 10.9 Å². The molecule has 1 aromatic carbocycles. The highest BCUT2D eigenvalue weighted by atomic mass is 19.4. The molecule has 144 valence electrons. The fourth-order valence-corrected chi connectivity index (χ4v) is 3.48. The first-order valence-corrected chi connectivity index (χ1v) is 8.36. The minimum atomic E-state index is -4.44. The van der Waals surface area contributed by atoms with Crippen molar-refractivity contribution in [2.45, 2.75) is 37.9 Å². The monoisotopic (exact) mass is 383 g/mol. The highest BCUT2D eigenvalue weighted by Gasteiger charge is 2.46. The fourth-order valence-electron chi connectivity index (χ4n) is 3.48. The molecule has 1 aliphatic rings. The lowest BCUT2D eigenvalue weighted by Crippen LogP contribution is -2.47. The standard InChI is InChI=1S/C17H16F3N3O4/c18-17(19,20)12-3-1-2-4-14(12)22-16(25)11-8-15(24)21-13-6-5-9(23(26)27)7-10(11)13/h5-8,12,14H,1-4H2,(H,21,24)(H,22,25)/t12-,14-/m1/s1. The number of amides is 1. The minimum Gasteiger partial charge on any atom is -0.349 e. The molecule has 1 fully saturated rings. The van der Waals surface area contributed by atoms with Crippen molar-refractivity contribution in [2.75, 3.05) is 0 Å². The molecule has 0 spiro atoms. The predicted molar refractivity (Wildman–Crippen MR) is 90.5 cm³/mol. The van der Waals surface area contributed by atoms with Gasteiger partial charge < -0.3 is 10.3 Å². The van der Waals surface area contributed by atoms with Gasteiger partial charge in [-0.05, 0) is 18.9 Å². The van der Waals surface area contributed by atoms with Crippen molar-refractivity contribution in [3.05, 3.63) is 50.3 Å². The third kappa shape index (κ3) is 3.93. The van der Waals surface area contributed by atoms with Gasteiger partial charge in [0, 0.05) is 35.1 Å². The Hall–Kier alpha value is -2.91. The molecular weight excluding hydrogens is 367 g/mol. The molecule has 7 nitrogen and oxygen atoms in total. The molecule has 0 radical (unpaired) electrons. The summed E-state index contributed by atoms with van der Waals surface area (Å²) in [6.45, 7) is 0. The van der Waals surface area contributed by atoms with Crippen LogP contribution in [0.2, 0.25) is 0 Å². The number of nitro groups is 1. The van der Waals surface area contributed by atoms with Crippen LogP contribution in [0.25, 0.3) is 10.9 Å². The summed E-state index contributed by atoms with van der Waals surface area (Å²) in [7, 11) is 0. The number of rotatable bonds is 3. The molecule has 10 heteroatoms. The molecule has 1 aliphatic carbocycles. The van der Waals surface area contributed by atoms with E-state index >= 15 is 0 Å². The molecule has 0 aliphatic heterocycles. The number of carbonyl (C=O) groups excluding carboxylic acids is 1. The first-order valence-electron chi connectivity index (χ1n) is 8.36. The molecule has 1 amide bonds. The number of nitrogens with one attached hydrogen (secondary N) is 2. The van der Waals surface area contributed by atoms with Crippen LogP contribution in [-0.2, 0) is 0 Å². The normalized spacial score (nSPS) is 20.4. The fraction of sp³-hybridized carbons (Fsp3) is 0.412. The third-order valence-corrected chi connectivity index (χ3v) is 4.78. The number of fused-ring (bicyclic) bond motifs is 1. The molecule has 1 saturated carbocycles. The smallest absolute Gasteiger partial charge is 0.349 e. The Morgan fingerprint density at radius 1 is 1.22 bits per heavy atom. The summed E-state index contributed by atoms with van der Waals surface area (Å²) in [5.41, 5.74) is -0.926. The van der Waals surface area contributed by atoms with Crippen LogP contribution in [0.1, 0.15) is 36.0 Å². The van der Waals surface area contributed by atoms with Gasteiger partial charge in [0.25, 0.3) is 11.6 Å². The van der Waals surface area contributed by atoms with Crippen molar-refractivity contribution in [2.24, 2.45) is 5.92 Å². The van der Waals surface area contributed by atoms with Crippen LogP contribution in [-0.4, -0.2) is 28.0 Å². The average molecular weight is 383 g/mol. The zero-order chi connectivity index (χ0) is 19.8. The first kappa shape index (κ1) is 18.9. The highest BCUT2D eigenvalue weighted by Crippen LogP contribution is 2.38. The molecular formula is C17H16F3N3O4. The van der Waals surface area contributed by atoms with Crippen LogP contribution in [0.5, 0.6) is 0 Å². The summed E-state index contributed by atoms with van der Waals surface area (Å²) in [6.07, 6.45) is -3.35. The number of benzene rings is 1. The van der Waals surface area contributed by atoms with Crippen LogP contribution in [0.3, 0.4) is 0 Å². The van der Waals surface area contributed by atoms with E-state index in [2.05, 4.69) is 10.3 Å². The van der Waals surface area contributed by atoms with Gasteiger partial charge >= 0.3 is 6.18 Å². The van der Waals surface area contributed by atoms with Gasteiger partial charge in [0.2, 0.25) is 5.56 Å². The number of aromatic amines is 1. The number of nitrogens with zero attached hydrogens (tertiary/aromatic N) is 1. The lowest BCUT2D eigenvalue weighted by atomic mass is 9.84. The first-order chi connectivity index (χ1) is 12.7. The Kier molecular flexibility index (Phi) is 4.90. The Morgan fingerprint density at radius 3 is 2.59 bits per heavy atom. The van der Waals surface area contributed by atoms with Crippen LogP contribution >= 0.6 is 0 Å². The highest BCUT2D eigenvalue weighted by molar-refractivity contribution is 6.06. The molecule has 0 bridgehead atoms. The largest absolute Gasteiger partial charge is 0.393 e. The van der Waals surface area contributed by atoms with Gasteiger partial charge in [-0.3, -0.25) is 19.7 Å². The van der Waals surface area contributed by atoms with E-state index < -0.39 is 34.5 Å². The molecule has 27 heavy (non-hydrogen) atoms. The van der Waals surface area contributed by atoms with Crippen LogP contribution in [0, 0.1) is 16.0 Å². The van der Waals surface area contributed by atoms with E-state index in [0.717, 1.165) is 12.1 Å². The van der Waals surface area contributed by atoms with Crippen LogP contribution in [0.15, 0.2) is 29.1 Å². The number of alkyl halides is 3. The van der Waals surface area contributed by atoms with E-state index in [9.17, 15) is 32.9 Å². The summed E-state index contributed by atoms with van der Waals surface area (Å²) in [6, 6.07) is 3.40.